The minimum Gasteiger partial charge on any atom is -0.339 e. The van der Waals surface area contributed by atoms with Gasteiger partial charge in [0.15, 0.2) is 5.78 Å². The lowest BCUT2D eigenvalue weighted by Crippen LogP contribution is -2.36. The minimum atomic E-state index is -0.314. The number of carbonyl (C=O) groups is 2. The summed E-state index contributed by atoms with van der Waals surface area (Å²) in [6.07, 6.45) is 4.02. The monoisotopic (exact) mass is 255 g/mol. The highest BCUT2D eigenvalue weighted by Crippen LogP contribution is 2.41. The summed E-state index contributed by atoms with van der Waals surface area (Å²) in [4.78, 5) is 26.0. The van der Waals surface area contributed by atoms with Crippen molar-refractivity contribution < 1.29 is 9.59 Å². The number of allylic oxidation sites excluding steroid dienone is 1. The molecule has 2 aliphatic rings. The van der Waals surface area contributed by atoms with E-state index in [2.05, 4.69) is 0 Å². The zero-order valence-corrected chi connectivity index (χ0v) is 11.2. The first-order valence-corrected chi connectivity index (χ1v) is 6.66. The second kappa shape index (κ2) is 4.05. The van der Waals surface area contributed by atoms with E-state index in [1.165, 1.54) is 0 Å². The van der Waals surface area contributed by atoms with Gasteiger partial charge in [-0.3, -0.25) is 9.59 Å². The Morgan fingerprint density at radius 3 is 2.63 bits per heavy atom. The first-order chi connectivity index (χ1) is 9.03. The molecule has 3 nitrogen and oxygen atoms in total. The SMILES string of the molecule is CC(C)N1C[C@@]2(C=CC(=O)c3ccccc32)CC1=O. The van der Waals surface area contributed by atoms with Crippen LogP contribution in [0, 0.1) is 0 Å². The molecule has 1 aromatic rings. The average molecular weight is 255 g/mol. The van der Waals surface area contributed by atoms with Gasteiger partial charge >= 0.3 is 0 Å². The maximum atomic E-state index is 12.2. The van der Waals surface area contributed by atoms with Gasteiger partial charge in [-0.15, -0.1) is 0 Å². The number of carbonyl (C=O) groups excluding carboxylic acids is 2. The molecular formula is C16H17NO2. The molecule has 1 aromatic carbocycles. The summed E-state index contributed by atoms with van der Waals surface area (Å²) < 4.78 is 0. The molecule has 1 fully saturated rings. The Bertz CT molecular complexity index is 588. The van der Waals surface area contributed by atoms with Crippen molar-refractivity contribution in [2.45, 2.75) is 31.7 Å². The van der Waals surface area contributed by atoms with Crippen molar-refractivity contribution in [3.63, 3.8) is 0 Å². The Morgan fingerprint density at radius 2 is 1.95 bits per heavy atom. The highest BCUT2D eigenvalue weighted by atomic mass is 16.2. The quantitative estimate of drug-likeness (QED) is 0.772. The molecule has 1 aliphatic heterocycles. The van der Waals surface area contributed by atoms with Gasteiger partial charge in [-0.25, -0.2) is 0 Å². The van der Waals surface area contributed by atoms with Crippen LogP contribution in [-0.2, 0) is 10.2 Å². The van der Waals surface area contributed by atoms with Crippen molar-refractivity contribution in [2.75, 3.05) is 6.54 Å². The fraction of sp³-hybridized carbons (Fsp3) is 0.375. The van der Waals surface area contributed by atoms with Crippen LogP contribution in [0.5, 0.6) is 0 Å². The summed E-state index contributed by atoms with van der Waals surface area (Å²) in [7, 11) is 0. The molecule has 3 rings (SSSR count). The normalized spacial score (nSPS) is 25.5. The summed E-state index contributed by atoms with van der Waals surface area (Å²) in [5.41, 5.74) is 1.42. The van der Waals surface area contributed by atoms with Crippen LogP contribution in [0.15, 0.2) is 36.4 Å². The number of likely N-dealkylation sites (tertiary alicyclic amines) is 1. The second-order valence-electron chi connectivity index (χ2n) is 5.69. The maximum Gasteiger partial charge on any atom is 0.224 e. The van der Waals surface area contributed by atoms with E-state index >= 15 is 0 Å². The van der Waals surface area contributed by atoms with Crippen LogP contribution in [0.3, 0.4) is 0 Å². The Kier molecular flexibility index (Phi) is 2.59. The number of benzene rings is 1. The molecule has 1 amide bonds. The molecule has 0 aromatic heterocycles. The molecule has 98 valence electrons. The fourth-order valence-corrected chi connectivity index (χ4v) is 3.13. The third kappa shape index (κ3) is 1.72. The largest absolute Gasteiger partial charge is 0.339 e. The highest BCUT2D eigenvalue weighted by Gasteiger charge is 2.46. The molecular weight excluding hydrogens is 238 g/mol. The zero-order valence-electron chi connectivity index (χ0n) is 11.2. The van der Waals surface area contributed by atoms with Crippen molar-refractivity contribution in [1.82, 2.24) is 4.90 Å². The number of hydrogen-bond acceptors (Lipinski definition) is 2. The van der Waals surface area contributed by atoms with Crippen molar-refractivity contribution in [2.24, 2.45) is 0 Å². The molecule has 1 spiro atoms. The van der Waals surface area contributed by atoms with E-state index in [1.807, 2.05) is 49.1 Å². The van der Waals surface area contributed by atoms with Crippen molar-refractivity contribution in [3.05, 3.63) is 47.5 Å². The Hall–Kier alpha value is -1.90. The summed E-state index contributed by atoms with van der Waals surface area (Å²) in [5.74, 6) is 0.209. The molecule has 1 heterocycles. The van der Waals surface area contributed by atoms with Gasteiger partial charge in [0.25, 0.3) is 0 Å². The van der Waals surface area contributed by atoms with Crippen LogP contribution in [0.2, 0.25) is 0 Å². The van der Waals surface area contributed by atoms with E-state index in [-0.39, 0.29) is 23.1 Å². The Morgan fingerprint density at radius 1 is 1.21 bits per heavy atom. The number of fused-ring (bicyclic) bond motifs is 2. The zero-order chi connectivity index (χ0) is 13.6. The van der Waals surface area contributed by atoms with Crippen LogP contribution < -0.4 is 0 Å². The summed E-state index contributed by atoms with van der Waals surface area (Å²) in [6.45, 7) is 4.73. The smallest absolute Gasteiger partial charge is 0.224 e. The van der Waals surface area contributed by atoms with Gasteiger partial charge in [0, 0.05) is 30.0 Å². The van der Waals surface area contributed by atoms with E-state index in [9.17, 15) is 9.59 Å². The second-order valence-corrected chi connectivity index (χ2v) is 5.69. The lowest BCUT2D eigenvalue weighted by molar-refractivity contribution is -0.129. The van der Waals surface area contributed by atoms with Gasteiger partial charge in [0.1, 0.15) is 0 Å². The Balaban J connectivity index is 2.10. The molecule has 0 radical (unpaired) electrons. The minimum absolute atomic E-state index is 0.0386. The van der Waals surface area contributed by atoms with Crippen LogP contribution in [-0.4, -0.2) is 29.2 Å². The summed E-state index contributed by atoms with van der Waals surface area (Å²) in [6, 6.07) is 7.85. The number of amides is 1. The van der Waals surface area contributed by atoms with Gasteiger partial charge in [-0.2, -0.15) is 0 Å². The predicted octanol–water partition coefficient (Wildman–Crippen LogP) is 2.32. The number of hydrogen-bond donors (Lipinski definition) is 0. The van der Waals surface area contributed by atoms with Gasteiger partial charge in [0.2, 0.25) is 5.91 Å². The third-order valence-electron chi connectivity index (χ3n) is 4.15. The van der Waals surface area contributed by atoms with E-state index in [0.29, 0.717) is 13.0 Å². The van der Waals surface area contributed by atoms with E-state index in [1.54, 1.807) is 6.08 Å². The fourth-order valence-electron chi connectivity index (χ4n) is 3.13. The number of nitrogens with zero attached hydrogens (tertiary/aromatic N) is 1. The number of rotatable bonds is 1. The first kappa shape index (κ1) is 12.2. The van der Waals surface area contributed by atoms with E-state index in [0.717, 1.165) is 11.1 Å². The summed E-state index contributed by atoms with van der Waals surface area (Å²) in [5, 5.41) is 0. The molecule has 0 N–H and O–H groups in total. The first-order valence-electron chi connectivity index (χ1n) is 6.66. The molecule has 1 aliphatic carbocycles. The average Bonchev–Trinajstić information content (AvgIpc) is 2.73. The van der Waals surface area contributed by atoms with E-state index < -0.39 is 0 Å². The van der Waals surface area contributed by atoms with Crippen LogP contribution in [0.4, 0.5) is 0 Å². The Labute approximate surface area is 112 Å². The topological polar surface area (TPSA) is 37.4 Å². The molecule has 0 unspecified atom stereocenters. The van der Waals surface area contributed by atoms with Gasteiger partial charge in [-0.05, 0) is 25.5 Å². The molecule has 3 heteroatoms. The number of ketones is 1. The van der Waals surface area contributed by atoms with Gasteiger partial charge in [0.05, 0.1) is 0 Å². The molecule has 1 saturated heterocycles. The lowest BCUT2D eigenvalue weighted by Gasteiger charge is -2.31. The maximum absolute atomic E-state index is 12.2. The standard InChI is InChI=1S/C16H17NO2/c1-11(2)17-10-16(9-15(17)19)8-7-14(18)12-5-3-4-6-13(12)16/h3-8,11H,9-10H2,1-2H3/t16-/m1/s1. The summed E-state index contributed by atoms with van der Waals surface area (Å²) >= 11 is 0. The van der Waals surface area contributed by atoms with Crippen LogP contribution >= 0.6 is 0 Å². The van der Waals surface area contributed by atoms with Crippen LogP contribution in [0.25, 0.3) is 0 Å². The van der Waals surface area contributed by atoms with Crippen molar-refractivity contribution in [3.8, 4) is 0 Å². The van der Waals surface area contributed by atoms with Crippen LogP contribution in [0.1, 0.15) is 36.2 Å². The predicted molar refractivity (Wildman–Crippen MR) is 73.1 cm³/mol. The molecule has 1 atom stereocenters. The van der Waals surface area contributed by atoms with Crippen molar-refractivity contribution >= 4 is 11.7 Å². The molecule has 0 bridgehead atoms. The van der Waals surface area contributed by atoms with Crippen molar-refractivity contribution in [1.29, 1.82) is 0 Å². The molecule has 19 heavy (non-hydrogen) atoms. The van der Waals surface area contributed by atoms with E-state index in [4.69, 9.17) is 0 Å². The highest BCUT2D eigenvalue weighted by molar-refractivity contribution is 6.08. The lowest BCUT2D eigenvalue weighted by atomic mass is 9.73. The van der Waals surface area contributed by atoms with Gasteiger partial charge in [-0.1, -0.05) is 30.3 Å². The third-order valence-corrected chi connectivity index (χ3v) is 4.15. The molecule has 0 saturated carbocycles. The van der Waals surface area contributed by atoms with Gasteiger partial charge < -0.3 is 4.90 Å².